The molecular weight excluding hydrogens is 262 g/mol. The van der Waals surface area contributed by atoms with Gasteiger partial charge in [-0.2, -0.15) is 0 Å². The van der Waals surface area contributed by atoms with Crippen molar-refractivity contribution in [3.8, 4) is 5.75 Å². The molecular formula is C18H17NO2. The third-order valence-electron chi connectivity index (χ3n) is 3.72. The number of hydrogen-bond acceptors (Lipinski definition) is 2. The quantitative estimate of drug-likeness (QED) is 0.862. The number of amides is 1. The van der Waals surface area contributed by atoms with E-state index < -0.39 is 0 Å². The Labute approximate surface area is 124 Å². The first-order valence-corrected chi connectivity index (χ1v) is 6.88. The van der Waals surface area contributed by atoms with Gasteiger partial charge in [-0.15, -0.1) is 0 Å². The summed E-state index contributed by atoms with van der Waals surface area (Å²) in [6.45, 7) is 5.26. The van der Waals surface area contributed by atoms with Gasteiger partial charge in [0.05, 0.1) is 12.7 Å². The molecule has 1 aliphatic rings. The van der Waals surface area contributed by atoms with Crippen molar-refractivity contribution in [1.82, 2.24) is 4.90 Å². The molecule has 3 heteroatoms. The van der Waals surface area contributed by atoms with Crippen LogP contribution in [0.3, 0.4) is 0 Å². The smallest absolute Gasteiger partial charge is 0.255 e. The van der Waals surface area contributed by atoms with Crippen LogP contribution in [-0.2, 0) is 6.54 Å². The van der Waals surface area contributed by atoms with Crippen molar-refractivity contribution in [1.29, 1.82) is 0 Å². The molecule has 0 aliphatic carbocycles. The molecule has 106 valence electrons. The van der Waals surface area contributed by atoms with Gasteiger partial charge >= 0.3 is 0 Å². The summed E-state index contributed by atoms with van der Waals surface area (Å²) in [6.07, 6.45) is 0. The summed E-state index contributed by atoms with van der Waals surface area (Å²) in [5.74, 6) is 0.719. The van der Waals surface area contributed by atoms with Crippen LogP contribution in [0.5, 0.6) is 5.75 Å². The molecule has 3 rings (SSSR count). The van der Waals surface area contributed by atoms with Gasteiger partial charge in [-0.25, -0.2) is 0 Å². The first kappa shape index (κ1) is 13.4. The number of fused-ring (bicyclic) bond motifs is 1. The average molecular weight is 279 g/mol. The highest BCUT2D eigenvalue weighted by molar-refractivity contribution is 6.03. The second kappa shape index (κ2) is 5.44. The molecule has 0 bridgehead atoms. The van der Waals surface area contributed by atoms with E-state index in [4.69, 9.17) is 4.74 Å². The lowest BCUT2D eigenvalue weighted by molar-refractivity contribution is 0.0757. The molecule has 21 heavy (non-hydrogen) atoms. The third-order valence-corrected chi connectivity index (χ3v) is 3.72. The Bertz CT molecular complexity index is 692. The van der Waals surface area contributed by atoms with E-state index in [-0.39, 0.29) is 5.91 Å². The van der Waals surface area contributed by atoms with Crippen LogP contribution in [0.4, 0.5) is 0 Å². The van der Waals surface area contributed by atoms with Crippen LogP contribution < -0.4 is 4.74 Å². The van der Waals surface area contributed by atoms with Gasteiger partial charge in [-0.3, -0.25) is 4.79 Å². The fourth-order valence-corrected chi connectivity index (χ4v) is 2.62. The average Bonchev–Trinajstić information content (AvgIpc) is 2.53. The van der Waals surface area contributed by atoms with Crippen LogP contribution in [0.2, 0.25) is 0 Å². The van der Waals surface area contributed by atoms with E-state index in [1.807, 2.05) is 47.4 Å². The van der Waals surface area contributed by atoms with Crippen molar-refractivity contribution in [2.45, 2.75) is 6.54 Å². The second-order valence-corrected chi connectivity index (χ2v) is 5.16. The monoisotopic (exact) mass is 279 g/mol. The molecule has 3 nitrogen and oxygen atoms in total. The van der Waals surface area contributed by atoms with Crippen LogP contribution >= 0.6 is 0 Å². The number of carbonyl (C=O) groups excluding carboxylic acids is 1. The molecule has 0 unspecified atom stereocenters. The molecule has 1 amide bonds. The van der Waals surface area contributed by atoms with Crippen LogP contribution in [0.25, 0.3) is 5.57 Å². The summed E-state index contributed by atoms with van der Waals surface area (Å²) in [4.78, 5) is 14.5. The zero-order valence-electron chi connectivity index (χ0n) is 12.0. The Morgan fingerprint density at radius 2 is 1.90 bits per heavy atom. The largest absolute Gasteiger partial charge is 0.497 e. The fourth-order valence-electron chi connectivity index (χ4n) is 2.62. The lowest BCUT2D eigenvalue weighted by Crippen LogP contribution is -2.36. The highest BCUT2D eigenvalue weighted by Crippen LogP contribution is 2.30. The van der Waals surface area contributed by atoms with Crippen LogP contribution in [-0.4, -0.2) is 24.5 Å². The molecule has 1 aliphatic heterocycles. The van der Waals surface area contributed by atoms with Gasteiger partial charge in [-0.1, -0.05) is 43.0 Å². The van der Waals surface area contributed by atoms with Gasteiger partial charge < -0.3 is 9.64 Å². The molecule has 0 N–H and O–H groups in total. The van der Waals surface area contributed by atoms with E-state index in [1.165, 1.54) is 0 Å². The number of hydrogen-bond donors (Lipinski definition) is 0. The lowest BCUT2D eigenvalue weighted by Gasteiger charge is -2.30. The molecule has 0 saturated carbocycles. The van der Waals surface area contributed by atoms with Crippen molar-refractivity contribution in [2.24, 2.45) is 0 Å². The van der Waals surface area contributed by atoms with Crippen molar-refractivity contribution in [3.05, 3.63) is 71.8 Å². The van der Waals surface area contributed by atoms with E-state index in [0.29, 0.717) is 24.4 Å². The summed E-state index contributed by atoms with van der Waals surface area (Å²) >= 11 is 0. The Kier molecular flexibility index (Phi) is 3.48. The minimum Gasteiger partial charge on any atom is -0.497 e. The van der Waals surface area contributed by atoms with Crippen molar-refractivity contribution in [2.75, 3.05) is 13.7 Å². The third kappa shape index (κ3) is 2.55. The number of nitrogens with zero attached hydrogens (tertiary/aromatic N) is 1. The van der Waals surface area contributed by atoms with Gasteiger partial charge in [0.1, 0.15) is 5.75 Å². The number of carbonyl (C=O) groups is 1. The molecule has 0 aromatic heterocycles. The Hall–Kier alpha value is -2.55. The van der Waals surface area contributed by atoms with E-state index in [0.717, 1.165) is 16.7 Å². The molecule has 0 spiro atoms. The Morgan fingerprint density at radius 1 is 1.14 bits per heavy atom. The summed E-state index contributed by atoms with van der Waals surface area (Å²) in [5.41, 5.74) is 3.67. The predicted octanol–water partition coefficient (Wildman–Crippen LogP) is 3.36. The highest BCUT2D eigenvalue weighted by atomic mass is 16.5. The molecule has 2 aromatic carbocycles. The van der Waals surface area contributed by atoms with E-state index in [9.17, 15) is 4.79 Å². The topological polar surface area (TPSA) is 29.5 Å². The van der Waals surface area contributed by atoms with Crippen molar-refractivity contribution in [3.63, 3.8) is 0 Å². The summed E-state index contributed by atoms with van der Waals surface area (Å²) < 4.78 is 5.22. The first-order chi connectivity index (χ1) is 10.2. The number of rotatable bonds is 3. The molecule has 0 fully saturated rings. The number of benzene rings is 2. The summed E-state index contributed by atoms with van der Waals surface area (Å²) in [7, 11) is 1.60. The van der Waals surface area contributed by atoms with E-state index >= 15 is 0 Å². The molecule has 0 atom stereocenters. The van der Waals surface area contributed by atoms with E-state index in [2.05, 4.69) is 6.58 Å². The Morgan fingerprint density at radius 3 is 2.62 bits per heavy atom. The van der Waals surface area contributed by atoms with Crippen LogP contribution in [0.15, 0.2) is 55.1 Å². The maximum Gasteiger partial charge on any atom is 0.255 e. The maximum absolute atomic E-state index is 12.7. The molecule has 2 aromatic rings. The lowest BCUT2D eigenvalue weighted by atomic mass is 9.94. The summed E-state index contributed by atoms with van der Waals surface area (Å²) in [6, 6.07) is 15.6. The number of ether oxygens (including phenoxy) is 1. The predicted molar refractivity (Wildman–Crippen MR) is 83.2 cm³/mol. The van der Waals surface area contributed by atoms with E-state index in [1.54, 1.807) is 13.2 Å². The minimum atomic E-state index is 0.0279. The highest BCUT2D eigenvalue weighted by Gasteiger charge is 2.27. The van der Waals surface area contributed by atoms with Gasteiger partial charge in [0.15, 0.2) is 0 Å². The van der Waals surface area contributed by atoms with Crippen molar-refractivity contribution < 1.29 is 9.53 Å². The molecule has 1 heterocycles. The van der Waals surface area contributed by atoms with Gasteiger partial charge in [0.25, 0.3) is 5.91 Å². The Balaban J connectivity index is 1.92. The molecule has 0 saturated heterocycles. The molecule has 0 radical (unpaired) electrons. The number of methoxy groups -OCH3 is 1. The zero-order valence-corrected chi connectivity index (χ0v) is 12.0. The zero-order chi connectivity index (χ0) is 14.8. The normalized spacial score (nSPS) is 14.0. The van der Waals surface area contributed by atoms with Gasteiger partial charge in [-0.05, 0) is 28.8 Å². The van der Waals surface area contributed by atoms with Crippen LogP contribution in [0, 0.1) is 0 Å². The second-order valence-electron chi connectivity index (χ2n) is 5.16. The van der Waals surface area contributed by atoms with Crippen LogP contribution in [0.1, 0.15) is 21.5 Å². The maximum atomic E-state index is 12.7. The fraction of sp³-hybridized carbons (Fsp3) is 0.167. The van der Waals surface area contributed by atoms with Gasteiger partial charge in [0, 0.05) is 13.1 Å². The van der Waals surface area contributed by atoms with Gasteiger partial charge in [0.2, 0.25) is 0 Å². The summed E-state index contributed by atoms with van der Waals surface area (Å²) in [5, 5.41) is 0. The first-order valence-electron chi connectivity index (χ1n) is 6.88. The minimum absolute atomic E-state index is 0.0279. The standard InChI is InChI=1S/C18H17NO2/c1-13-11-19(12-14-6-4-3-5-7-14)18(20)17-10-15(21-2)8-9-16(13)17/h3-10H,1,11-12H2,2H3. The van der Waals surface area contributed by atoms with Crippen molar-refractivity contribution >= 4 is 11.5 Å². The SMILES string of the molecule is C=C1CN(Cc2ccccc2)C(=O)c2cc(OC)ccc21.